The first-order chi connectivity index (χ1) is 29.9. The van der Waals surface area contributed by atoms with E-state index in [1.54, 1.807) is 26.8 Å². The number of amides is 1. The Morgan fingerprint density at radius 3 is 2.30 bits per heavy atom. The van der Waals surface area contributed by atoms with Crippen LogP contribution in [0.15, 0.2) is 77.9 Å². The summed E-state index contributed by atoms with van der Waals surface area (Å²) in [5, 5.41) is 23.3. The van der Waals surface area contributed by atoms with Crippen molar-refractivity contribution in [1.29, 1.82) is 0 Å². The minimum Gasteiger partial charge on any atom is -0.460 e. The number of methoxy groups -OCH3 is 1. The van der Waals surface area contributed by atoms with Crippen LogP contribution in [0.4, 0.5) is 0 Å². The van der Waals surface area contributed by atoms with E-state index in [9.17, 15) is 34.2 Å². The van der Waals surface area contributed by atoms with Crippen LogP contribution in [-0.2, 0) is 49.3 Å². The molecule has 2 N–H and O–H groups in total. The van der Waals surface area contributed by atoms with Crippen LogP contribution in [0.1, 0.15) is 112 Å². The molecule has 1 amide bonds. The fourth-order valence-corrected chi connectivity index (χ4v) is 8.71. The van der Waals surface area contributed by atoms with Crippen molar-refractivity contribution in [2.75, 3.05) is 20.3 Å². The van der Waals surface area contributed by atoms with Gasteiger partial charge in [0.05, 0.1) is 18.8 Å². The summed E-state index contributed by atoms with van der Waals surface area (Å²) >= 11 is 0. The van der Waals surface area contributed by atoms with Gasteiger partial charge in [-0.1, -0.05) is 108 Å². The minimum atomic E-state index is -2.42. The van der Waals surface area contributed by atoms with Gasteiger partial charge in [0.2, 0.25) is 5.79 Å². The maximum atomic E-state index is 14.2. The van der Waals surface area contributed by atoms with E-state index in [-0.39, 0.29) is 42.8 Å². The Hall–Kier alpha value is -4.07. The fraction of sp³-hybridized carbons (Fsp3) is 0.627. The minimum absolute atomic E-state index is 0.0238. The lowest BCUT2D eigenvalue weighted by molar-refractivity contribution is -0.266. The number of rotatable bonds is 6. The molecule has 0 radical (unpaired) electrons. The number of hydrogen-bond donors (Lipinski definition) is 2. The average Bonchev–Trinajstić information content (AvgIpc) is 3.26. The first-order valence-electron chi connectivity index (χ1n) is 23.0. The van der Waals surface area contributed by atoms with Crippen LogP contribution >= 0.6 is 0 Å². The summed E-state index contributed by atoms with van der Waals surface area (Å²) in [4.78, 5) is 70.7. The Balaban J connectivity index is 1.67. The number of ether oxygens (including phenoxy) is 4. The first-order valence-corrected chi connectivity index (χ1v) is 23.0. The largest absolute Gasteiger partial charge is 0.460 e. The number of benzene rings is 1. The molecule has 2 saturated heterocycles. The van der Waals surface area contributed by atoms with Crippen LogP contribution in [0, 0.1) is 29.6 Å². The van der Waals surface area contributed by atoms with E-state index in [4.69, 9.17) is 18.9 Å². The van der Waals surface area contributed by atoms with Crippen LogP contribution < -0.4 is 0 Å². The van der Waals surface area contributed by atoms with Crippen molar-refractivity contribution in [3.05, 3.63) is 83.5 Å². The van der Waals surface area contributed by atoms with Gasteiger partial charge in [-0.05, 0) is 87.3 Å². The molecular weight excluding hydrogens is 803 g/mol. The van der Waals surface area contributed by atoms with E-state index in [2.05, 4.69) is 0 Å². The number of fused-ring (bicyclic) bond motifs is 3. The molecule has 3 aliphatic rings. The Bertz CT molecular complexity index is 1830. The van der Waals surface area contributed by atoms with Gasteiger partial charge in [-0.15, -0.1) is 0 Å². The molecule has 11 atom stereocenters. The van der Waals surface area contributed by atoms with Crippen molar-refractivity contribution in [1.82, 2.24) is 4.90 Å². The molecule has 2 fully saturated rings. The van der Waals surface area contributed by atoms with Crippen molar-refractivity contribution < 1.29 is 53.1 Å². The van der Waals surface area contributed by atoms with E-state index in [1.807, 2.05) is 95.3 Å². The molecule has 0 aliphatic carbocycles. The van der Waals surface area contributed by atoms with Gasteiger partial charge >= 0.3 is 5.97 Å². The molecule has 0 aromatic heterocycles. The highest BCUT2D eigenvalue weighted by atomic mass is 16.6. The molecular formula is C51H73NO11. The lowest BCUT2D eigenvalue weighted by atomic mass is 9.85. The molecule has 0 saturated carbocycles. The van der Waals surface area contributed by atoms with Gasteiger partial charge < -0.3 is 34.1 Å². The molecule has 0 spiro atoms. The maximum absolute atomic E-state index is 14.2. The Morgan fingerprint density at radius 2 is 1.62 bits per heavy atom. The summed E-state index contributed by atoms with van der Waals surface area (Å²) in [6.07, 6.45) is 10.7. The van der Waals surface area contributed by atoms with E-state index in [0.717, 1.165) is 11.1 Å². The maximum Gasteiger partial charge on any atom is 0.329 e. The van der Waals surface area contributed by atoms with E-state index in [1.165, 1.54) is 12.0 Å². The second-order valence-corrected chi connectivity index (χ2v) is 18.5. The van der Waals surface area contributed by atoms with Gasteiger partial charge in [-0.2, -0.15) is 0 Å². The number of aliphatic hydroxyl groups excluding tert-OH is 1. The SMILES string of the molecule is CO[C@H]1C(=O)[C@H](C)C[C@H](C)/C=C/C=C/C=C(\C)C(OCCc2ccccc2)C[C@@H]2CC[C@@H](C)C(O)(O2)C(=O)C(=O)N2CCCCC2C(=O)O[C@H](C(C)C)CC(=O)[C@H](C)/C=C(\C)[C@H]1O. The molecule has 3 heterocycles. The molecule has 12 heteroatoms. The number of ketones is 3. The molecule has 3 unspecified atom stereocenters. The standard InChI is InChI=1S/C51H73NO11/c1-32(2)43-31-42(53)35(5)29-37(7)46(55)47(60-9)45(54)36(6)28-33(3)18-12-10-13-19-34(4)44(61-27-25-39-20-14-11-15-21-39)30-40-24-23-38(8)51(59,63-40)48(56)49(57)52-26-17-16-22-41(52)50(58)62-43/h10-15,18-21,29,32-33,35-36,38,40-41,43-44,46-47,55,59H,16-17,22-28,30-31H2,1-9H3/b13-10+,18-12+,34-19+,37-29+/t33-,35-,36-,38-,40+,41?,43+,44?,46-,47+,51?/m1/s1. The number of piperidine rings is 1. The van der Waals surface area contributed by atoms with Gasteiger partial charge in [0.15, 0.2) is 5.78 Å². The molecule has 63 heavy (non-hydrogen) atoms. The number of allylic oxidation sites excluding steroid dienone is 6. The monoisotopic (exact) mass is 876 g/mol. The van der Waals surface area contributed by atoms with Crippen molar-refractivity contribution in [2.45, 2.75) is 156 Å². The molecule has 1 aromatic rings. The van der Waals surface area contributed by atoms with Gasteiger partial charge in [-0.25, -0.2) is 4.79 Å². The number of carbonyl (C=O) groups is 5. The summed E-state index contributed by atoms with van der Waals surface area (Å²) in [7, 11) is 1.38. The zero-order chi connectivity index (χ0) is 46.4. The third kappa shape index (κ3) is 14.2. The van der Waals surface area contributed by atoms with Crippen LogP contribution in [0.5, 0.6) is 0 Å². The highest BCUT2D eigenvalue weighted by molar-refractivity contribution is 6.39. The fourth-order valence-electron chi connectivity index (χ4n) is 8.71. The summed E-state index contributed by atoms with van der Waals surface area (Å²) in [5.74, 6) is -7.85. The van der Waals surface area contributed by atoms with Crippen molar-refractivity contribution in [3.8, 4) is 0 Å². The number of aliphatic hydroxyl groups is 2. The van der Waals surface area contributed by atoms with Gasteiger partial charge in [0, 0.05) is 44.2 Å². The predicted octanol–water partition coefficient (Wildman–Crippen LogP) is 7.25. The summed E-state index contributed by atoms with van der Waals surface area (Å²) in [6.45, 7) is 15.0. The third-order valence-corrected chi connectivity index (χ3v) is 13.0. The smallest absolute Gasteiger partial charge is 0.329 e. The van der Waals surface area contributed by atoms with Crippen LogP contribution in [0.25, 0.3) is 0 Å². The second-order valence-electron chi connectivity index (χ2n) is 18.5. The topological polar surface area (TPSA) is 166 Å². The normalized spacial score (nSPS) is 35.8. The van der Waals surface area contributed by atoms with Gasteiger partial charge in [0.1, 0.15) is 30.1 Å². The summed E-state index contributed by atoms with van der Waals surface area (Å²) in [5.41, 5.74) is 2.42. The lowest BCUT2D eigenvalue weighted by Gasteiger charge is -2.42. The highest BCUT2D eigenvalue weighted by Gasteiger charge is 2.53. The van der Waals surface area contributed by atoms with Gasteiger partial charge in [0.25, 0.3) is 11.7 Å². The summed E-state index contributed by atoms with van der Waals surface area (Å²) in [6, 6.07) is 8.90. The van der Waals surface area contributed by atoms with Crippen LogP contribution in [0.2, 0.25) is 0 Å². The Morgan fingerprint density at radius 1 is 0.905 bits per heavy atom. The molecule has 1 aromatic carbocycles. The van der Waals surface area contributed by atoms with Crippen molar-refractivity contribution in [2.24, 2.45) is 29.6 Å². The lowest BCUT2D eigenvalue weighted by Crippen LogP contribution is -2.61. The highest BCUT2D eigenvalue weighted by Crippen LogP contribution is 2.37. The van der Waals surface area contributed by atoms with Crippen molar-refractivity contribution in [3.63, 3.8) is 0 Å². The molecule has 3 aliphatic heterocycles. The summed E-state index contributed by atoms with van der Waals surface area (Å²) < 4.78 is 24.2. The van der Waals surface area contributed by atoms with Crippen molar-refractivity contribution >= 4 is 29.2 Å². The van der Waals surface area contributed by atoms with E-state index in [0.29, 0.717) is 57.1 Å². The third-order valence-electron chi connectivity index (χ3n) is 13.0. The second kappa shape index (κ2) is 24.3. The number of hydrogen-bond acceptors (Lipinski definition) is 11. The zero-order valence-corrected chi connectivity index (χ0v) is 39.0. The number of cyclic esters (lactones) is 1. The number of Topliss-reactive ketones (excluding diaryl/α,β-unsaturated/α-hetero) is 3. The average molecular weight is 876 g/mol. The zero-order valence-electron chi connectivity index (χ0n) is 39.0. The Kier molecular flexibility index (Phi) is 19.9. The first kappa shape index (κ1) is 51.6. The molecule has 4 rings (SSSR count). The Labute approximate surface area is 375 Å². The predicted molar refractivity (Wildman–Crippen MR) is 241 cm³/mol. The van der Waals surface area contributed by atoms with Crippen LogP contribution in [0.3, 0.4) is 0 Å². The quantitative estimate of drug-likeness (QED) is 0.168. The molecule has 12 nitrogen and oxygen atoms in total. The molecule has 348 valence electrons. The number of esters is 1. The number of carbonyl (C=O) groups excluding carboxylic acids is 5. The molecule has 2 bridgehead atoms. The number of nitrogens with zero attached hydrogens (tertiary/aromatic N) is 1. The van der Waals surface area contributed by atoms with Gasteiger partial charge in [-0.3, -0.25) is 19.2 Å². The van der Waals surface area contributed by atoms with Crippen LogP contribution in [-0.4, -0.2) is 107 Å². The van der Waals surface area contributed by atoms with E-state index < -0.39 is 77.8 Å². The van der Waals surface area contributed by atoms with E-state index >= 15 is 0 Å².